The highest BCUT2D eigenvalue weighted by Crippen LogP contribution is 2.25. The Hall–Kier alpha value is -0.250. The van der Waals surface area contributed by atoms with Crippen LogP contribution in [0.4, 0.5) is 5.69 Å². The van der Waals surface area contributed by atoms with Crippen LogP contribution in [-0.2, 0) is 0 Å². The summed E-state index contributed by atoms with van der Waals surface area (Å²) < 4.78 is 0.849. The summed E-state index contributed by atoms with van der Waals surface area (Å²) in [4.78, 5) is 0. The molecule has 0 bridgehead atoms. The van der Waals surface area contributed by atoms with Gasteiger partial charge in [-0.15, -0.1) is 0 Å². The first-order valence-corrected chi connectivity index (χ1v) is 5.57. The van der Waals surface area contributed by atoms with Crippen molar-refractivity contribution in [2.45, 2.75) is 26.0 Å². The maximum atomic E-state index is 9.31. The Morgan fingerprint density at radius 2 is 2.07 bits per heavy atom. The topological polar surface area (TPSA) is 32.3 Å². The van der Waals surface area contributed by atoms with E-state index in [1.807, 2.05) is 25.1 Å². The third-order valence-electron chi connectivity index (χ3n) is 2.04. The molecule has 1 aromatic rings. The third kappa shape index (κ3) is 3.15. The smallest absolute Gasteiger partial charge is 0.0710 e. The first kappa shape index (κ1) is 11.8. The van der Waals surface area contributed by atoms with Crippen LogP contribution < -0.4 is 5.32 Å². The van der Waals surface area contributed by atoms with Crippen LogP contribution in [0, 0.1) is 0 Å². The molecular formula is C10H13BrClNO. The first-order valence-electron chi connectivity index (χ1n) is 4.40. The van der Waals surface area contributed by atoms with Crippen LogP contribution in [0.1, 0.15) is 13.8 Å². The average Bonchev–Trinajstić information content (AvgIpc) is 2.11. The predicted molar refractivity (Wildman–Crippen MR) is 63.9 cm³/mol. The minimum absolute atomic E-state index is 0.0167. The Kier molecular flexibility index (Phi) is 4.23. The standard InChI is InChI=1S/C10H13BrClNO/c1-6(7(2)14)13-8-3-4-10(12)9(11)5-8/h3-7,13-14H,1-2H3. The summed E-state index contributed by atoms with van der Waals surface area (Å²) >= 11 is 9.19. The maximum absolute atomic E-state index is 9.31. The summed E-state index contributed by atoms with van der Waals surface area (Å²) in [6.45, 7) is 3.68. The van der Waals surface area contributed by atoms with Crippen molar-refractivity contribution in [1.82, 2.24) is 0 Å². The van der Waals surface area contributed by atoms with Crippen molar-refractivity contribution < 1.29 is 5.11 Å². The number of aliphatic hydroxyl groups is 1. The number of rotatable bonds is 3. The van der Waals surface area contributed by atoms with Gasteiger partial charge in [0.25, 0.3) is 0 Å². The van der Waals surface area contributed by atoms with Crippen molar-refractivity contribution in [3.05, 3.63) is 27.7 Å². The molecule has 2 atom stereocenters. The molecule has 78 valence electrons. The molecule has 0 saturated heterocycles. The lowest BCUT2D eigenvalue weighted by Gasteiger charge is -2.18. The van der Waals surface area contributed by atoms with Crippen molar-refractivity contribution in [2.24, 2.45) is 0 Å². The molecular weight excluding hydrogens is 265 g/mol. The van der Waals surface area contributed by atoms with E-state index in [9.17, 15) is 5.11 Å². The maximum Gasteiger partial charge on any atom is 0.0710 e. The van der Waals surface area contributed by atoms with Crippen molar-refractivity contribution in [3.8, 4) is 0 Å². The summed E-state index contributed by atoms with van der Waals surface area (Å²) in [5, 5.41) is 13.2. The third-order valence-corrected chi connectivity index (χ3v) is 3.25. The Labute approximate surface area is 97.4 Å². The molecule has 0 fully saturated rings. The van der Waals surface area contributed by atoms with Gasteiger partial charge in [0.15, 0.2) is 0 Å². The van der Waals surface area contributed by atoms with E-state index in [4.69, 9.17) is 11.6 Å². The van der Waals surface area contributed by atoms with Gasteiger partial charge in [-0.25, -0.2) is 0 Å². The zero-order chi connectivity index (χ0) is 10.7. The summed E-state index contributed by atoms with van der Waals surface area (Å²) in [6.07, 6.45) is -0.385. The van der Waals surface area contributed by atoms with Gasteiger partial charge in [0.05, 0.1) is 11.1 Å². The van der Waals surface area contributed by atoms with Crippen molar-refractivity contribution in [1.29, 1.82) is 0 Å². The summed E-state index contributed by atoms with van der Waals surface area (Å²) in [6, 6.07) is 5.60. The number of halogens is 2. The molecule has 4 heteroatoms. The van der Waals surface area contributed by atoms with Gasteiger partial charge in [-0.05, 0) is 48.0 Å². The minimum Gasteiger partial charge on any atom is -0.391 e. The molecule has 0 aliphatic heterocycles. The van der Waals surface area contributed by atoms with Gasteiger partial charge < -0.3 is 10.4 Å². The molecule has 2 N–H and O–H groups in total. The Morgan fingerprint density at radius 3 is 2.57 bits per heavy atom. The number of benzene rings is 1. The van der Waals surface area contributed by atoms with Gasteiger partial charge >= 0.3 is 0 Å². The van der Waals surface area contributed by atoms with E-state index in [0.29, 0.717) is 5.02 Å². The van der Waals surface area contributed by atoms with Crippen molar-refractivity contribution in [3.63, 3.8) is 0 Å². The van der Waals surface area contributed by atoms with E-state index in [2.05, 4.69) is 21.2 Å². The van der Waals surface area contributed by atoms with Crippen LogP contribution in [0.25, 0.3) is 0 Å². The molecule has 0 saturated carbocycles. The van der Waals surface area contributed by atoms with Gasteiger partial charge in [-0.3, -0.25) is 0 Å². The molecule has 2 nitrogen and oxygen atoms in total. The van der Waals surface area contributed by atoms with Crippen LogP contribution in [0.2, 0.25) is 5.02 Å². The van der Waals surface area contributed by atoms with E-state index in [-0.39, 0.29) is 12.1 Å². The van der Waals surface area contributed by atoms with Gasteiger partial charge in [-0.1, -0.05) is 11.6 Å². The van der Waals surface area contributed by atoms with E-state index >= 15 is 0 Å². The van der Waals surface area contributed by atoms with E-state index < -0.39 is 0 Å². The predicted octanol–water partition coefficient (Wildman–Crippen LogP) is 3.28. The van der Waals surface area contributed by atoms with Crippen LogP contribution in [0.15, 0.2) is 22.7 Å². The second-order valence-corrected chi connectivity index (χ2v) is 4.56. The number of aliphatic hydroxyl groups excluding tert-OH is 1. The largest absolute Gasteiger partial charge is 0.391 e. The second-order valence-electron chi connectivity index (χ2n) is 3.30. The molecule has 0 aliphatic rings. The second kappa shape index (κ2) is 5.01. The van der Waals surface area contributed by atoms with Crippen LogP contribution >= 0.6 is 27.5 Å². The molecule has 0 aliphatic carbocycles. The molecule has 0 aromatic heterocycles. The number of anilines is 1. The Bertz CT molecular complexity index is 317. The van der Waals surface area contributed by atoms with Crippen molar-refractivity contribution >= 4 is 33.2 Å². The van der Waals surface area contributed by atoms with Gasteiger partial charge in [-0.2, -0.15) is 0 Å². The lowest BCUT2D eigenvalue weighted by molar-refractivity contribution is 0.178. The highest BCUT2D eigenvalue weighted by Gasteiger charge is 2.08. The molecule has 0 radical (unpaired) electrons. The Balaban J connectivity index is 2.73. The molecule has 1 aromatic carbocycles. The summed E-state index contributed by atoms with van der Waals surface area (Å²) in [5.74, 6) is 0. The number of hydrogen-bond acceptors (Lipinski definition) is 2. The lowest BCUT2D eigenvalue weighted by atomic mass is 10.2. The molecule has 2 unspecified atom stereocenters. The first-order chi connectivity index (χ1) is 6.50. The highest BCUT2D eigenvalue weighted by molar-refractivity contribution is 9.10. The zero-order valence-electron chi connectivity index (χ0n) is 8.09. The van der Waals surface area contributed by atoms with Crippen LogP contribution in [0.3, 0.4) is 0 Å². The van der Waals surface area contributed by atoms with E-state index in [1.54, 1.807) is 6.92 Å². The summed E-state index contributed by atoms with van der Waals surface area (Å²) in [7, 11) is 0. The fourth-order valence-corrected chi connectivity index (χ4v) is 1.47. The van der Waals surface area contributed by atoms with Gasteiger partial charge in [0.2, 0.25) is 0 Å². The summed E-state index contributed by atoms with van der Waals surface area (Å²) in [5.41, 5.74) is 0.940. The van der Waals surface area contributed by atoms with Crippen LogP contribution in [0.5, 0.6) is 0 Å². The molecule has 0 heterocycles. The lowest BCUT2D eigenvalue weighted by Crippen LogP contribution is -2.27. The minimum atomic E-state index is -0.385. The molecule has 14 heavy (non-hydrogen) atoms. The zero-order valence-corrected chi connectivity index (χ0v) is 10.4. The highest BCUT2D eigenvalue weighted by atomic mass is 79.9. The Morgan fingerprint density at radius 1 is 1.43 bits per heavy atom. The average molecular weight is 279 g/mol. The normalized spacial score (nSPS) is 14.9. The molecule has 0 spiro atoms. The molecule has 1 rings (SSSR count). The fourth-order valence-electron chi connectivity index (χ4n) is 0.969. The van der Waals surface area contributed by atoms with Gasteiger partial charge in [0.1, 0.15) is 0 Å². The molecule has 0 amide bonds. The number of hydrogen-bond donors (Lipinski definition) is 2. The van der Waals surface area contributed by atoms with Crippen molar-refractivity contribution in [2.75, 3.05) is 5.32 Å². The monoisotopic (exact) mass is 277 g/mol. The fraction of sp³-hybridized carbons (Fsp3) is 0.400. The quantitative estimate of drug-likeness (QED) is 0.889. The van der Waals surface area contributed by atoms with E-state index in [1.165, 1.54) is 0 Å². The number of nitrogens with one attached hydrogen (secondary N) is 1. The SMILES string of the molecule is CC(O)C(C)Nc1ccc(Cl)c(Br)c1. The van der Waals surface area contributed by atoms with E-state index in [0.717, 1.165) is 10.2 Å². The van der Waals surface area contributed by atoms with Crippen LogP contribution in [-0.4, -0.2) is 17.3 Å². The van der Waals surface area contributed by atoms with Gasteiger partial charge in [0, 0.05) is 16.2 Å².